The van der Waals surface area contributed by atoms with Crippen molar-refractivity contribution >= 4 is 17.8 Å². The lowest BCUT2D eigenvalue weighted by molar-refractivity contribution is -0.131. The Morgan fingerprint density at radius 2 is 1.80 bits per heavy atom. The molecule has 0 saturated carbocycles. The zero-order chi connectivity index (χ0) is 21.2. The molecule has 30 heavy (non-hydrogen) atoms. The Balaban J connectivity index is 1.42. The molecule has 1 saturated heterocycles. The molecule has 1 aromatic heterocycles. The van der Waals surface area contributed by atoms with Crippen LogP contribution in [-0.4, -0.2) is 66.0 Å². The molecule has 0 spiro atoms. The van der Waals surface area contributed by atoms with E-state index in [0.29, 0.717) is 51.1 Å². The highest BCUT2D eigenvalue weighted by Crippen LogP contribution is 2.10. The summed E-state index contributed by atoms with van der Waals surface area (Å²) in [6, 6.07) is 8.07. The van der Waals surface area contributed by atoms with Gasteiger partial charge in [0.05, 0.1) is 6.54 Å². The number of piperazine rings is 1. The lowest BCUT2D eigenvalue weighted by Gasteiger charge is -2.34. The minimum absolute atomic E-state index is 0.116. The molecule has 0 atom stereocenters. The van der Waals surface area contributed by atoms with Gasteiger partial charge in [-0.05, 0) is 30.7 Å². The van der Waals surface area contributed by atoms with Crippen LogP contribution in [0.3, 0.4) is 0 Å². The van der Waals surface area contributed by atoms with E-state index in [9.17, 15) is 9.18 Å². The Hall–Kier alpha value is -3.23. The Morgan fingerprint density at radius 3 is 2.47 bits per heavy atom. The minimum Gasteiger partial charge on any atom is -0.357 e. The van der Waals surface area contributed by atoms with Gasteiger partial charge < -0.3 is 20.4 Å². The molecule has 1 aromatic carbocycles. The van der Waals surface area contributed by atoms with E-state index in [1.54, 1.807) is 30.6 Å². The SMILES string of the molecule is CCNC(=NCc1ccc(F)cc1)NCCC(=O)N1CCN(c2ncccn2)CC1. The van der Waals surface area contributed by atoms with Crippen LogP contribution in [-0.2, 0) is 11.3 Å². The second kappa shape index (κ2) is 11.1. The van der Waals surface area contributed by atoms with Crippen LogP contribution in [0, 0.1) is 5.82 Å². The topological polar surface area (TPSA) is 85.8 Å². The average molecular weight is 414 g/mol. The van der Waals surface area contributed by atoms with Crippen LogP contribution in [0.25, 0.3) is 0 Å². The number of guanidine groups is 1. The molecule has 2 aromatic rings. The molecule has 160 valence electrons. The highest BCUT2D eigenvalue weighted by Gasteiger charge is 2.22. The van der Waals surface area contributed by atoms with Gasteiger partial charge in [0.25, 0.3) is 0 Å². The number of anilines is 1. The van der Waals surface area contributed by atoms with E-state index < -0.39 is 0 Å². The van der Waals surface area contributed by atoms with Crippen molar-refractivity contribution in [1.29, 1.82) is 0 Å². The van der Waals surface area contributed by atoms with Gasteiger partial charge in [-0.2, -0.15) is 0 Å². The lowest BCUT2D eigenvalue weighted by Crippen LogP contribution is -2.50. The van der Waals surface area contributed by atoms with Crippen LogP contribution < -0.4 is 15.5 Å². The van der Waals surface area contributed by atoms with E-state index in [1.807, 2.05) is 11.8 Å². The Morgan fingerprint density at radius 1 is 1.10 bits per heavy atom. The van der Waals surface area contributed by atoms with Crippen molar-refractivity contribution in [2.45, 2.75) is 19.9 Å². The zero-order valence-corrected chi connectivity index (χ0v) is 17.2. The number of nitrogens with zero attached hydrogens (tertiary/aromatic N) is 5. The third-order valence-corrected chi connectivity index (χ3v) is 4.78. The van der Waals surface area contributed by atoms with Crippen molar-refractivity contribution in [3.8, 4) is 0 Å². The summed E-state index contributed by atoms with van der Waals surface area (Å²) >= 11 is 0. The maximum atomic E-state index is 13.0. The molecule has 3 rings (SSSR count). The number of nitrogens with one attached hydrogen (secondary N) is 2. The van der Waals surface area contributed by atoms with Crippen LogP contribution in [0.15, 0.2) is 47.7 Å². The van der Waals surface area contributed by atoms with Gasteiger partial charge in [0.2, 0.25) is 11.9 Å². The smallest absolute Gasteiger partial charge is 0.225 e. The third-order valence-electron chi connectivity index (χ3n) is 4.78. The van der Waals surface area contributed by atoms with Crippen LogP contribution >= 0.6 is 0 Å². The van der Waals surface area contributed by atoms with Crippen molar-refractivity contribution in [1.82, 2.24) is 25.5 Å². The van der Waals surface area contributed by atoms with Crippen molar-refractivity contribution in [2.24, 2.45) is 4.99 Å². The normalized spacial score (nSPS) is 14.5. The molecular formula is C21H28FN7O. The Bertz CT molecular complexity index is 821. The number of rotatable bonds is 7. The van der Waals surface area contributed by atoms with E-state index >= 15 is 0 Å². The highest BCUT2D eigenvalue weighted by molar-refractivity contribution is 5.81. The summed E-state index contributed by atoms with van der Waals surface area (Å²) in [5.74, 6) is 1.20. The van der Waals surface area contributed by atoms with Gasteiger partial charge in [-0.1, -0.05) is 12.1 Å². The first kappa shape index (κ1) is 21.5. The van der Waals surface area contributed by atoms with Gasteiger partial charge in [-0.15, -0.1) is 0 Å². The van der Waals surface area contributed by atoms with Gasteiger partial charge >= 0.3 is 0 Å². The highest BCUT2D eigenvalue weighted by atomic mass is 19.1. The summed E-state index contributed by atoms with van der Waals surface area (Å²) < 4.78 is 13.0. The number of carbonyl (C=O) groups excluding carboxylic acids is 1. The number of amides is 1. The molecule has 0 bridgehead atoms. The fraction of sp³-hybridized carbons (Fsp3) is 0.429. The largest absolute Gasteiger partial charge is 0.357 e. The first-order valence-corrected chi connectivity index (χ1v) is 10.2. The monoisotopic (exact) mass is 413 g/mol. The quantitative estimate of drug-likeness (QED) is 0.527. The van der Waals surface area contributed by atoms with Gasteiger partial charge in [0.15, 0.2) is 5.96 Å². The first-order chi connectivity index (χ1) is 14.7. The van der Waals surface area contributed by atoms with Crippen molar-refractivity contribution in [3.63, 3.8) is 0 Å². The third kappa shape index (κ3) is 6.40. The van der Waals surface area contributed by atoms with Crippen LogP contribution in [0.4, 0.5) is 10.3 Å². The Labute approximate surface area is 176 Å². The Kier molecular flexibility index (Phi) is 7.94. The van der Waals surface area contributed by atoms with Crippen molar-refractivity contribution < 1.29 is 9.18 Å². The average Bonchev–Trinajstić information content (AvgIpc) is 2.79. The number of carbonyl (C=O) groups is 1. The number of halogens is 1. The molecular weight excluding hydrogens is 385 g/mol. The molecule has 2 heterocycles. The van der Waals surface area contributed by atoms with E-state index in [1.165, 1.54) is 12.1 Å². The molecule has 1 aliphatic rings. The summed E-state index contributed by atoms with van der Waals surface area (Å²) in [7, 11) is 0. The van der Waals surface area contributed by atoms with Gasteiger partial charge in [-0.25, -0.2) is 19.4 Å². The molecule has 9 heteroatoms. The number of hydrogen-bond acceptors (Lipinski definition) is 5. The number of aliphatic imine (C=N–C) groups is 1. The maximum Gasteiger partial charge on any atom is 0.225 e. The minimum atomic E-state index is -0.261. The molecule has 2 N–H and O–H groups in total. The van der Waals surface area contributed by atoms with E-state index in [-0.39, 0.29) is 11.7 Å². The molecule has 1 fully saturated rings. The zero-order valence-electron chi connectivity index (χ0n) is 17.2. The first-order valence-electron chi connectivity index (χ1n) is 10.2. The predicted octanol–water partition coefficient (Wildman–Crippen LogP) is 1.41. The van der Waals surface area contributed by atoms with Crippen LogP contribution in [0.5, 0.6) is 0 Å². The number of benzene rings is 1. The summed E-state index contributed by atoms with van der Waals surface area (Å²) in [5.41, 5.74) is 0.921. The lowest BCUT2D eigenvalue weighted by atomic mass is 10.2. The van der Waals surface area contributed by atoms with Gasteiger partial charge in [-0.3, -0.25) is 4.79 Å². The summed E-state index contributed by atoms with van der Waals surface area (Å²) in [5, 5.41) is 6.35. The summed E-state index contributed by atoms with van der Waals surface area (Å²) in [6.45, 7) is 6.41. The van der Waals surface area contributed by atoms with Crippen molar-refractivity contribution in [2.75, 3.05) is 44.2 Å². The molecule has 8 nitrogen and oxygen atoms in total. The second-order valence-corrected chi connectivity index (χ2v) is 6.92. The maximum absolute atomic E-state index is 13.0. The van der Waals surface area contributed by atoms with Crippen molar-refractivity contribution in [3.05, 3.63) is 54.1 Å². The van der Waals surface area contributed by atoms with E-state index in [2.05, 4.69) is 30.5 Å². The molecule has 0 radical (unpaired) electrons. The molecule has 1 aliphatic heterocycles. The standard InChI is InChI=1S/C21H28FN7O/c1-2-23-20(27-16-17-4-6-18(22)7-5-17)24-11-8-19(30)28-12-14-29(15-13-28)21-25-9-3-10-26-21/h3-7,9-10H,2,8,11-16H2,1H3,(H2,23,24,27). The van der Waals surface area contributed by atoms with Gasteiger partial charge in [0, 0.05) is 58.1 Å². The number of hydrogen-bond donors (Lipinski definition) is 2. The van der Waals surface area contributed by atoms with Crippen LogP contribution in [0.2, 0.25) is 0 Å². The van der Waals surface area contributed by atoms with Gasteiger partial charge in [0.1, 0.15) is 5.82 Å². The molecule has 0 unspecified atom stereocenters. The summed E-state index contributed by atoms with van der Waals surface area (Å²) in [4.78, 5) is 29.5. The van der Waals surface area contributed by atoms with E-state index in [4.69, 9.17) is 0 Å². The fourth-order valence-corrected chi connectivity index (χ4v) is 3.16. The van der Waals surface area contributed by atoms with Crippen LogP contribution in [0.1, 0.15) is 18.9 Å². The fourth-order valence-electron chi connectivity index (χ4n) is 3.16. The molecule has 0 aliphatic carbocycles. The molecule has 1 amide bonds. The predicted molar refractivity (Wildman–Crippen MR) is 115 cm³/mol. The second-order valence-electron chi connectivity index (χ2n) is 6.92. The van der Waals surface area contributed by atoms with E-state index in [0.717, 1.165) is 18.7 Å². The number of aromatic nitrogens is 2. The summed E-state index contributed by atoms with van der Waals surface area (Å²) in [6.07, 6.45) is 3.85.